The van der Waals surface area contributed by atoms with Crippen LogP contribution >= 0.6 is 15.9 Å². The summed E-state index contributed by atoms with van der Waals surface area (Å²) in [6.07, 6.45) is 7.66. The molecule has 28 heavy (non-hydrogen) atoms. The molecule has 2 aromatic rings. The average molecular weight is 449 g/mol. The number of carbonyl (C=O) groups is 1. The van der Waals surface area contributed by atoms with E-state index in [0.29, 0.717) is 10.0 Å². The number of halogens is 1. The van der Waals surface area contributed by atoms with Gasteiger partial charge in [0, 0.05) is 10.5 Å². The van der Waals surface area contributed by atoms with E-state index in [0.717, 1.165) is 25.7 Å². The smallest absolute Gasteiger partial charge is 0.354 e. The summed E-state index contributed by atoms with van der Waals surface area (Å²) in [5, 5.41) is 14.8. The number of anilines is 2. The molecule has 9 nitrogen and oxygen atoms in total. The fourth-order valence-corrected chi connectivity index (χ4v) is 3.66. The number of benzene rings is 1. The molecule has 10 heteroatoms. The van der Waals surface area contributed by atoms with Crippen LogP contribution in [0.5, 0.6) is 0 Å². The molecule has 1 fully saturated rings. The Bertz CT molecular complexity index is 855. The largest absolute Gasteiger partial charge is 0.361 e. The van der Waals surface area contributed by atoms with Gasteiger partial charge in [-0.1, -0.05) is 37.8 Å². The fraction of sp³-hybridized carbons (Fsp3) is 0.389. The maximum Gasteiger partial charge on any atom is 0.354 e. The van der Waals surface area contributed by atoms with Gasteiger partial charge in [-0.3, -0.25) is 25.8 Å². The van der Waals surface area contributed by atoms with E-state index in [4.69, 9.17) is 0 Å². The predicted octanol–water partition coefficient (Wildman–Crippen LogP) is 4.04. The lowest BCUT2D eigenvalue weighted by Gasteiger charge is -2.17. The van der Waals surface area contributed by atoms with Gasteiger partial charge in [-0.2, -0.15) is 0 Å². The van der Waals surface area contributed by atoms with Gasteiger partial charge in [0.05, 0.1) is 10.5 Å². The number of amides is 1. The van der Waals surface area contributed by atoms with E-state index in [9.17, 15) is 14.9 Å². The lowest BCUT2D eigenvalue weighted by molar-refractivity contribution is -0.383. The van der Waals surface area contributed by atoms with Crippen LogP contribution < -0.4 is 16.2 Å². The molecule has 3 rings (SSSR count). The Labute approximate surface area is 170 Å². The van der Waals surface area contributed by atoms with Crippen molar-refractivity contribution >= 4 is 39.2 Å². The van der Waals surface area contributed by atoms with Crippen molar-refractivity contribution < 1.29 is 9.72 Å². The second-order valence-electron chi connectivity index (χ2n) is 6.57. The standard InChI is InChI=1S/C18H21BrN6O3/c19-14-10-6-5-9-13(14)18(26)24-23-17-15(25(27)28)16(20-11-21-17)22-12-7-3-1-2-4-8-12/h5-6,9-12H,1-4,7-8H2,(H,24,26)(H2,20,21,22,23). The number of hydrogen-bond donors (Lipinski definition) is 3. The summed E-state index contributed by atoms with van der Waals surface area (Å²) in [6, 6.07) is 7.01. The van der Waals surface area contributed by atoms with Gasteiger partial charge >= 0.3 is 5.69 Å². The van der Waals surface area contributed by atoms with E-state index in [1.165, 1.54) is 19.2 Å². The van der Waals surface area contributed by atoms with Crippen molar-refractivity contribution in [3.63, 3.8) is 0 Å². The zero-order chi connectivity index (χ0) is 19.9. The summed E-state index contributed by atoms with van der Waals surface area (Å²) in [4.78, 5) is 31.4. The van der Waals surface area contributed by atoms with Crippen LogP contribution in [0.1, 0.15) is 48.9 Å². The van der Waals surface area contributed by atoms with Crippen molar-refractivity contribution in [3.05, 3.63) is 50.7 Å². The summed E-state index contributed by atoms with van der Waals surface area (Å²) in [6.45, 7) is 0. The fourth-order valence-electron chi connectivity index (χ4n) is 3.19. The molecule has 1 aliphatic rings. The lowest BCUT2D eigenvalue weighted by atomic mass is 10.1. The van der Waals surface area contributed by atoms with Gasteiger partial charge in [-0.15, -0.1) is 0 Å². The van der Waals surface area contributed by atoms with Gasteiger partial charge in [0.2, 0.25) is 11.6 Å². The molecule has 3 N–H and O–H groups in total. The predicted molar refractivity (Wildman–Crippen MR) is 109 cm³/mol. The third kappa shape index (κ3) is 4.94. The molecule has 0 spiro atoms. The highest BCUT2D eigenvalue weighted by Gasteiger charge is 2.25. The van der Waals surface area contributed by atoms with Crippen LogP contribution in [-0.4, -0.2) is 26.8 Å². The van der Waals surface area contributed by atoms with Crippen molar-refractivity contribution in [1.29, 1.82) is 0 Å². The lowest BCUT2D eigenvalue weighted by Crippen LogP contribution is -2.31. The third-order valence-corrected chi connectivity index (χ3v) is 5.31. The Hall–Kier alpha value is -2.75. The number of carbonyl (C=O) groups excluding carboxylic acids is 1. The van der Waals surface area contributed by atoms with Crippen LogP contribution in [0.15, 0.2) is 35.1 Å². The molecule has 0 aliphatic heterocycles. The van der Waals surface area contributed by atoms with Crippen LogP contribution in [0.2, 0.25) is 0 Å². The topological polar surface area (TPSA) is 122 Å². The number of nitrogens with zero attached hydrogens (tertiary/aromatic N) is 3. The second-order valence-corrected chi connectivity index (χ2v) is 7.42. The van der Waals surface area contributed by atoms with Gasteiger partial charge in [0.15, 0.2) is 0 Å². The normalized spacial score (nSPS) is 14.8. The number of hydrazine groups is 1. The molecule has 0 saturated heterocycles. The quantitative estimate of drug-likeness (QED) is 0.346. The molecule has 0 radical (unpaired) electrons. The van der Waals surface area contributed by atoms with Crippen LogP contribution in [-0.2, 0) is 0 Å². The van der Waals surface area contributed by atoms with E-state index in [1.807, 2.05) is 0 Å². The van der Waals surface area contributed by atoms with Crippen molar-refractivity contribution in [2.24, 2.45) is 0 Å². The molecule has 148 valence electrons. The highest BCUT2D eigenvalue weighted by molar-refractivity contribution is 9.10. The Kier molecular flexibility index (Phi) is 6.75. The van der Waals surface area contributed by atoms with Gasteiger partial charge in [-0.25, -0.2) is 9.97 Å². The minimum Gasteiger partial charge on any atom is -0.361 e. The minimum absolute atomic E-state index is 0.0727. The second kappa shape index (κ2) is 9.45. The molecule has 0 bridgehead atoms. The van der Waals surface area contributed by atoms with Crippen molar-refractivity contribution in [1.82, 2.24) is 15.4 Å². The highest BCUT2D eigenvalue weighted by atomic mass is 79.9. The van der Waals surface area contributed by atoms with E-state index < -0.39 is 10.8 Å². The monoisotopic (exact) mass is 448 g/mol. The van der Waals surface area contributed by atoms with E-state index >= 15 is 0 Å². The number of nitro groups is 1. The Morgan fingerprint density at radius 2 is 1.79 bits per heavy atom. The summed E-state index contributed by atoms with van der Waals surface area (Å²) in [5.74, 6) is -0.361. The Balaban J connectivity index is 1.76. The highest BCUT2D eigenvalue weighted by Crippen LogP contribution is 2.30. The van der Waals surface area contributed by atoms with Gasteiger partial charge in [0.25, 0.3) is 5.91 Å². The molecule has 1 aromatic heterocycles. The van der Waals surface area contributed by atoms with Crippen molar-refractivity contribution in [2.45, 2.75) is 44.6 Å². The zero-order valence-electron chi connectivity index (χ0n) is 15.2. The van der Waals surface area contributed by atoms with Crippen molar-refractivity contribution in [3.8, 4) is 0 Å². The van der Waals surface area contributed by atoms with Crippen LogP contribution in [0.3, 0.4) is 0 Å². The molecule has 1 amide bonds. The molecule has 1 heterocycles. The first-order chi connectivity index (χ1) is 13.6. The summed E-state index contributed by atoms with van der Waals surface area (Å²) in [5.41, 5.74) is 5.11. The van der Waals surface area contributed by atoms with Crippen LogP contribution in [0, 0.1) is 10.1 Å². The number of aromatic nitrogens is 2. The van der Waals surface area contributed by atoms with E-state index in [-0.39, 0.29) is 23.4 Å². The number of hydrogen-bond acceptors (Lipinski definition) is 7. The molecular weight excluding hydrogens is 428 g/mol. The van der Waals surface area contributed by atoms with E-state index in [1.54, 1.807) is 24.3 Å². The van der Waals surface area contributed by atoms with Crippen LogP contribution in [0.4, 0.5) is 17.3 Å². The Morgan fingerprint density at radius 3 is 2.46 bits per heavy atom. The number of nitrogens with one attached hydrogen (secondary N) is 3. The molecular formula is C18H21BrN6O3. The summed E-state index contributed by atoms with van der Waals surface area (Å²) < 4.78 is 0.613. The molecule has 0 atom stereocenters. The molecule has 1 aromatic carbocycles. The maximum absolute atomic E-state index is 12.3. The zero-order valence-corrected chi connectivity index (χ0v) is 16.7. The maximum atomic E-state index is 12.3. The first-order valence-corrected chi connectivity index (χ1v) is 9.92. The summed E-state index contributed by atoms with van der Waals surface area (Å²) >= 11 is 3.30. The van der Waals surface area contributed by atoms with Crippen molar-refractivity contribution in [2.75, 3.05) is 10.7 Å². The van der Waals surface area contributed by atoms with Gasteiger partial charge < -0.3 is 5.32 Å². The third-order valence-electron chi connectivity index (χ3n) is 4.61. The molecule has 1 saturated carbocycles. The SMILES string of the molecule is O=C(NNc1ncnc(NC2CCCCCC2)c1[N+](=O)[O-])c1ccccc1Br. The van der Waals surface area contributed by atoms with Gasteiger partial charge in [0.1, 0.15) is 6.33 Å². The van der Waals surface area contributed by atoms with E-state index in [2.05, 4.69) is 42.1 Å². The Morgan fingerprint density at radius 1 is 1.11 bits per heavy atom. The molecule has 0 unspecified atom stereocenters. The summed E-state index contributed by atoms with van der Waals surface area (Å²) in [7, 11) is 0. The first-order valence-electron chi connectivity index (χ1n) is 9.13. The average Bonchev–Trinajstić information content (AvgIpc) is 2.95. The minimum atomic E-state index is -0.550. The van der Waals surface area contributed by atoms with Crippen LogP contribution in [0.25, 0.3) is 0 Å². The molecule has 1 aliphatic carbocycles. The number of rotatable bonds is 6. The first kappa shape index (κ1) is 20.0. The van der Waals surface area contributed by atoms with Gasteiger partial charge in [-0.05, 0) is 40.9 Å².